The molecule has 0 spiro atoms. The van der Waals surface area contributed by atoms with E-state index in [0.29, 0.717) is 17.4 Å². The number of aromatic nitrogens is 3. The van der Waals surface area contributed by atoms with Crippen molar-refractivity contribution in [2.75, 3.05) is 6.61 Å². The van der Waals surface area contributed by atoms with Gasteiger partial charge in [-0.05, 0) is 6.07 Å². The third kappa shape index (κ3) is 1.52. The summed E-state index contributed by atoms with van der Waals surface area (Å²) in [6, 6.07) is 7.55. The molecule has 0 aliphatic carbocycles. The fourth-order valence-electron chi connectivity index (χ4n) is 1.99. The van der Waals surface area contributed by atoms with Gasteiger partial charge in [-0.15, -0.1) is 0 Å². The standard InChI is InChI=1S/C12H11N3O2/c16-6-5-15-7-9-11(14-15)8-3-1-2-4-10(8)13-12(9)17/h1-4,7,16H,5-6H2,(H,13,17). The maximum absolute atomic E-state index is 11.8. The third-order valence-corrected chi connectivity index (χ3v) is 2.77. The second kappa shape index (κ2) is 3.71. The molecule has 2 heterocycles. The van der Waals surface area contributed by atoms with Crippen LogP contribution in [0.2, 0.25) is 0 Å². The fraction of sp³-hybridized carbons (Fsp3) is 0.167. The van der Waals surface area contributed by atoms with E-state index in [4.69, 9.17) is 5.11 Å². The number of aliphatic hydroxyl groups excluding tert-OH is 1. The van der Waals surface area contributed by atoms with E-state index >= 15 is 0 Å². The zero-order valence-corrected chi connectivity index (χ0v) is 9.05. The van der Waals surface area contributed by atoms with Crippen LogP contribution in [0.15, 0.2) is 35.3 Å². The Hall–Kier alpha value is -2.14. The van der Waals surface area contributed by atoms with Crippen molar-refractivity contribution in [1.29, 1.82) is 0 Å². The largest absolute Gasteiger partial charge is 0.394 e. The lowest BCUT2D eigenvalue weighted by molar-refractivity contribution is 0.270. The monoisotopic (exact) mass is 229 g/mol. The van der Waals surface area contributed by atoms with Gasteiger partial charge in [0.1, 0.15) is 5.52 Å². The second-order valence-corrected chi connectivity index (χ2v) is 3.88. The van der Waals surface area contributed by atoms with E-state index in [1.165, 1.54) is 0 Å². The van der Waals surface area contributed by atoms with Gasteiger partial charge in [0.15, 0.2) is 0 Å². The van der Waals surface area contributed by atoms with Crippen LogP contribution >= 0.6 is 0 Å². The number of H-pyrrole nitrogens is 1. The first-order chi connectivity index (χ1) is 8.29. The molecule has 0 saturated heterocycles. The molecule has 3 aromatic rings. The van der Waals surface area contributed by atoms with Crippen LogP contribution in [0.3, 0.4) is 0 Å². The number of fused-ring (bicyclic) bond motifs is 3. The van der Waals surface area contributed by atoms with Crippen LogP contribution in [0.5, 0.6) is 0 Å². The summed E-state index contributed by atoms with van der Waals surface area (Å²) in [5.74, 6) is 0. The van der Waals surface area contributed by atoms with Gasteiger partial charge < -0.3 is 10.1 Å². The normalized spacial score (nSPS) is 11.4. The SMILES string of the molecule is O=c1[nH]c2ccccc2c2nn(CCO)cc12. The molecule has 17 heavy (non-hydrogen) atoms. The van der Waals surface area contributed by atoms with Gasteiger partial charge in [0, 0.05) is 11.6 Å². The molecule has 0 aliphatic rings. The summed E-state index contributed by atoms with van der Waals surface area (Å²) in [6.07, 6.45) is 1.66. The van der Waals surface area contributed by atoms with Gasteiger partial charge in [0.2, 0.25) is 0 Å². The lowest BCUT2D eigenvalue weighted by Gasteiger charge is -1.97. The number of rotatable bonds is 2. The Morgan fingerprint density at radius 2 is 2.12 bits per heavy atom. The minimum atomic E-state index is -0.150. The molecule has 5 nitrogen and oxygen atoms in total. The van der Waals surface area contributed by atoms with Gasteiger partial charge in [0.05, 0.1) is 24.1 Å². The summed E-state index contributed by atoms with van der Waals surface area (Å²) in [5.41, 5.74) is 1.31. The van der Waals surface area contributed by atoms with Crippen molar-refractivity contribution in [3.63, 3.8) is 0 Å². The first-order valence-electron chi connectivity index (χ1n) is 5.38. The zero-order chi connectivity index (χ0) is 11.8. The van der Waals surface area contributed by atoms with Crippen LogP contribution in [0.4, 0.5) is 0 Å². The molecule has 0 saturated carbocycles. The van der Waals surface area contributed by atoms with Crippen LogP contribution in [0, 0.1) is 0 Å². The Morgan fingerprint density at radius 1 is 1.29 bits per heavy atom. The second-order valence-electron chi connectivity index (χ2n) is 3.88. The van der Waals surface area contributed by atoms with Gasteiger partial charge in [0.25, 0.3) is 5.56 Å². The maximum atomic E-state index is 11.8. The average Bonchev–Trinajstić information content (AvgIpc) is 2.74. The lowest BCUT2D eigenvalue weighted by Crippen LogP contribution is -2.04. The molecule has 2 aromatic heterocycles. The number of nitrogens with one attached hydrogen (secondary N) is 1. The Labute approximate surface area is 96.3 Å². The summed E-state index contributed by atoms with van der Waals surface area (Å²) in [6.45, 7) is 0.395. The van der Waals surface area contributed by atoms with Crippen molar-refractivity contribution in [1.82, 2.24) is 14.8 Å². The van der Waals surface area contributed by atoms with Crippen molar-refractivity contribution in [2.45, 2.75) is 6.54 Å². The molecule has 3 rings (SSSR count). The van der Waals surface area contributed by atoms with Crippen molar-refractivity contribution in [3.8, 4) is 0 Å². The highest BCUT2D eigenvalue weighted by Crippen LogP contribution is 2.18. The van der Waals surface area contributed by atoms with Crippen LogP contribution in [0.25, 0.3) is 21.8 Å². The Bertz CT molecular complexity index is 742. The highest BCUT2D eigenvalue weighted by molar-refractivity contribution is 6.02. The van der Waals surface area contributed by atoms with E-state index in [1.807, 2.05) is 24.3 Å². The van der Waals surface area contributed by atoms with Gasteiger partial charge in [-0.2, -0.15) is 5.10 Å². The summed E-state index contributed by atoms with van der Waals surface area (Å²) in [7, 11) is 0. The molecule has 0 unspecified atom stereocenters. The molecule has 0 fully saturated rings. The topological polar surface area (TPSA) is 70.9 Å². The molecule has 5 heteroatoms. The number of benzene rings is 1. The van der Waals surface area contributed by atoms with E-state index in [1.54, 1.807) is 10.9 Å². The molecule has 0 atom stereocenters. The van der Waals surface area contributed by atoms with E-state index in [2.05, 4.69) is 10.1 Å². The van der Waals surface area contributed by atoms with Gasteiger partial charge in [-0.25, -0.2) is 0 Å². The number of aliphatic hydroxyl groups is 1. The average molecular weight is 229 g/mol. The lowest BCUT2D eigenvalue weighted by atomic mass is 10.2. The molecular weight excluding hydrogens is 218 g/mol. The van der Waals surface area contributed by atoms with Crippen molar-refractivity contribution in [2.24, 2.45) is 0 Å². The fourth-order valence-corrected chi connectivity index (χ4v) is 1.99. The third-order valence-electron chi connectivity index (χ3n) is 2.77. The number of para-hydroxylation sites is 1. The summed E-state index contributed by atoms with van der Waals surface area (Å²) < 4.78 is 1.59. The predicted molar refractivity (Wildman–Crippen MR) is 64.9 cm³/mol. The molecular formula is C12H11N3O2. The van der Waals surface area contributed by atoms with Gasteiger partial charge >= 0.3 is 0 Å². The molecule has 2 N–H and O–H groups in total. The Balaban J connectivity index is 2.43. The first kappa shape index (κ1) is 10.0. The van der Waals surface area contributed by atoms with E-state index in [9.17, 15) is 4.79 Å². The zero-order valence-electron chi connectivity index (χ0n) is 9.05. The Kier molecular flexibility index (Phi) is 2.19. The summed E-state index contributed by atoms with van der Waals surface area (Å²) >= 11 is 0. The van der Waals surface area contributed by atoms with Gasteiger partial charge in [-0.3, -0.25) is 9.48 Å². The molecule has 1 aromatic carbocycles. The molecule has 0 amide bonds. The van der Waals surface area contributed by atoms with Crippen molar-refractivity contribution in [3.05, 3.63) is 40.8 Å². The van der Waals surface area contributed by atoms with Crippen LogP contribution in [0.1, 0.15) is 0 Å². The molecule has 0 aliphatic heterocycles. The number of hydrogen-bond acceptors (Lipinski definition) is 3. The minimum Gasteiger partial charge on any atom is -0.394 e. The van der Waals surface area contributed by atoms with E-state index in [0.717, 1.165) is 10.9 Å². The maximum Gasteiger partial charge on any atom is 0.259 e. The first-order valence-corrected chi connectivity index (χ1v) is 5.38. The van der Waals surface area contributed by atoms with Crippen molar-refractivity contribution >= 4 is 21.8 Å². The highest BCUT2D eigenvalue weighted by Gasteiger charge is 2.08. The molecule has 0 radical (unpaired) electrons. The van der Waals surface area contributed by atoms with Gasteiger partial charge in [-0.1, -0.05) is 18.2 Å². The summed E-state index contributed by atoms with van der Waals surface area (Å²) in [4.78, 5) is 14.7. The number of nitrogens with zero attached hydrogens (tertiary/aromatic N) is 2. The molecule has 0 bridgehead atoms. The van der Waals surface area contributed by atoms with Crippen molar-refractivity contribution < 1.29 is 5.11 Å². The number of aromatic amines is 1. The quantitative estimate of drug-likeness (QED) is 0.685. The van der Waals surface area contributed by atoms with Crippen LogP contribution < -0.4 is 5.56 Å². The summed E-state index contributed by atoms with van der Waals surface area (Å²) in [5, 5.41) is 14.7. The highest BCUT2D eigenvalue weighted by atomic mass is 16.3. The van der Waals surface area contributed by atoms with Crippen LogP contribution in [-0.2, 0) is 6.54 Å². The van der Waals surface area contributed by atoms with E-state index in [-0.39, 0.29) is 12.2 Å². The smallest absolute Gasteiger partial charge is 0.259 e. The van der Waals surface area contributed by atoms with E-state index < -0.39 is 0 Å². The molecule has 86 valence electrons. The predicted octanol–water partition coefficient (Wildman–Crippen LogP) is 0.870. The Morgan fingerprint density at radius 3 is 2.94 bits per heavy atom. The minimum absolute atomic E-state index is 0.00380. The number of pyridine rings is 1. The number of hydrogen-bond donors (Lipinski definition) is 2. The van der Waals surface area contributed by atoms with Crippen LogP contribution in [-0.4, -0.2) is 26.5 Å².